The lowest BCUT2D eigenvalue weighted by Crippen LogP contribution is -2.51. The quantitative estimate of drug-likeness (QED) is 0.540. The fraction of sp³-hybridized carbons (Fsp3) is 0.444. The van der Waals surface area contributed by atoms with Crippen molar-refractivity contribution >= 4 is 22.0 Å². The third kappa shape index (κ3) is 6.08. The highest BCUT2D eigenvalue weighted by Crippen LogP contribution is 2.33. The molecule has 0 radical (unpaired) electrons. The molecule has 2 aromatic rings. The zero-order valence-electron chi connectivity index (χ0n) is 21.0. The van der Waals surface area contributed by atoms with Crippen molar-refractivity contribution in [1.29, 1.82) is 0 Å². The van der Waals surface area contributed by atoms with Gasteiger partial charge in [-0.15, -0.1) is 0 Å². The van der Waals surface area contributed by atoms with Crippen LogP contribution in [0.1, 0.15) is 18.4 Å². The van der Waals surface area contributed by atoms with Crippen molar-refractivity contribution in [3.63, 3.8) is 0 Å². The van der Waals surface area contributed by atoms with E-state index < -0.39 is 10.0 Å². The van der Waals surface area contributed by atoms with Gasteiger partial charge in [-0.05, 0) is 30.5 Å². The number of ether oxygens (including phenoxy) is 2. The molecule has 8 nitrogen and oxygen atoms in total. The van der Waals surface area contributed by atoms with Gasteiger partial charge in [0.05, 0.1) is 14.2 Å². The molecule has 194 valence electrons. The van der Waals surface area contributed by atoms with Gasteiger partial charge in [0.1, 0.15) is 16.4 Å². The number of amides is 1. The summed E-state index contributed by atoms with van der Waals surface area (Å²) in [4.78, 5) is 17.5. The molecule has 0 unspecified atom stereocenters. The van der Waals surface area contributed by atoms with Crippen LogP contribution in [-0.4, -0.2) is 88.5 Å². The van der Waals surface area contributed by atoms with E-state index in [1.54, 1.807) is 12.1 Å². The van der Waals surface area contributed by atoms with Crippen molar-refractivity contribution < 1.29 is 22.7 Å². The number of benzene rings is 2. The van der Waals surface area contributed by atoms with Gasteiger partial charge in [0.25, 0.3) is 0 Å². The number of carbonyl (C=O) groups excluding carboxylic acids is 1. The molecule has 2 aliphatic heterocycles. The summed E-state index contributed by atoms with van der Waals surface area (Å²) in [5.41, 5.74) is 1.18. The van der Waals surface area contributed by atoms with E-state index >= 15 is 0 Å². The molecule has 0 spiro atoms. The summed E-state index contributed by atoms with van der Waals surface area (Å²) >= 11 is 0. The van der Waals surface area contributed by atoms with Gasteiger partial charge in [0.2, 0.25) is 15.9 Å². The summed E-state index contributed by atoms with van der Waals surface area (Å²) in [5, 5.41) is 0. The summed E-state index contributed by atoms with van der Waals surface area (Å²) in [7, 11) is -0.811. The minimum atomic E-state index is -3.76. The first-order valence-corrected chi connectivity index (χ1v) is 13.8. The van der Waals surface area contributed by atoms with Gasteiger partial charge in [0, 0.05) is 57.8 Å². The first kappa shape index (κ1) is 26.2. The summed E-state index contributed by atoms with van der Waals surface area (Å²) in [6.07, 6.45) is 5.33. The predicted molar refractivity (Wildman–Crippen MR) is 140 cm³/mol. The molecule has 36 heavy (non-hydrogen) atoms. The Morgan fingerprint density at radius 2 is 1.64 bits per heavy atom. The van der Waals surface area contributed by atoms with Crippen molar-refractivity contribution in [2.45, 2.75) is 17.7 Å². The summed E-state index contributed by atoms with van der Waals surface area (Å²) < 4.78 is 38.6. The molecule has 2 fully saturated rings. The summed E-state index contributed by atoms with van der Waals surface area (Å²) in [5.74, 6) is 0.735. The maximum Gasteiger partial charge on any atom is 0.246 e. The number of methoxy groups -OCH3 is 2. The topological polar surface area (TPSA) is 79.4 Å². The molecule has 0 N–H and O–H groups in total. The van der Waals surface area contributed by atoms with Gasteiger partial charge in [-0.2, -0.15) is 4.31 Å². The molecule has 1 amide bonds. The lowest BCUT2D eigenvalue weighted by Gasteiger charge is -2.38. The van der Waals surface area contributed by atoms with Crippen molar-refractivity contribution in [2.75, 3.05) is 60.0 Å². The third-order valence-electron chi connectivity index (χ3n) is 6.95. The highest BCUT2D eigenvalue weighted by atomic mass is 32.2. The molecule has 2 saturated heterocycles. The number of nitrogens with zero attached hydrogens (tertiary/aromatic N) is 3. The monoisotopic (exact) mass is 513 g/mol. The van der Waals surface area contributed by atoms with E-state index in [9.17, 15) is 13.2 Å². The van der Waals surface area contributed by atoms with Crippen LogP contribution in [0.4, 0.5) is 0 Å². The molecular weight excluding hydrogens is 478 g/mol. The number of carbonyl (C=O) groups is 1. The maximum absolute atomic E-state index is 13.3. The second-order valence-corrected chi connectivity index (χ2v) is 11.0. The van der Waals surface area contributed by atoms with Crippen LogP contribution in [0.2, 0.25) is 0 Å². The fourth-order valence-electron chi connectivity index (χ4n) is 4.78. The minimum Gasteiger partial charge on any atom is -0.497 e. The Morgan fingerprint density at radius 3 is 2.28 bits per heavy atom. The molecule has 0 bridgehead atoms. The Labute approximate surface area is 214 Å². The van der Waals surface area contributed by atoms with Crippen LogP contribution in [0.15, 0.2) is 59.5 Å². The van der Waals surface area contributed by atoms with Gasteiger partial charge >= 0.3 is 0 Å². The van der Waals surface area contributed by atoms with Gasteiger partial charge < -0.3 is 14.4 Å². The maximum atomic E-state index is 13.3. The van der Waals surface area contributed by atoms with E-state index in [1.165, 1.54) is 30.2 Å². The molecule has 0 aliphatic carbocycles. The molecule has 2 aromatic carbocycles. The van der Waals surface area contributed by atoms with Gasteiger partial charge in [-0.3, -0.25) is 9.69 Å². The average molecular weight is 514 g/mol. The van der Waals surface area contributed by atoms with Gasteiger partial charge in [0.15, 0.2) is 0 Å². The largest absolute Gasteiger partial charge is 0.497 e. The van der Waals surface area contributed by atoms with Crippen molar-refractivity contribution in [1.82, 2.24) is 14.1 Å². The summed E-state index contributed by atoms with van der Waals surface area (Å²) in [6, 6.07) is 15.0. The molecule has 4 rings (SSSR count). The molecule has 2 aliphatic rings. The van der Waals surface area contributed by atoms with Crippen LogP contribution in [0.3, 0.4) is 0 Å². The Kier molecular flexibility index (Phi) is 8.66. The first-order valence-electron chi connectivity index (χ1n) is 12.4. The molecule has 0 saturated carbocycles. The van der Waals surface area contributed by atoms with E-state index in [2.05, 4.69) is 29.2 Å². The Morgan fingerprint density at radius 1 is 0.944 bits per heavy atom. The van der Waals surface area contributed by atoms with Crippen LogP contribution in [0.25, 0.3) is 6.08 Å². The molecule has 0 atom stereocenters. The molecule has 2 heterocycles. The Balaban J connectivity index is 1.28. The van der Waals surface area contributed by atoms with E-state index in [0.717, 1.165) is 19.6 Å². The number of hydrogen-bond acceptors (Lipinski definition) is 6. The van der Waals surface area contributed by atoms with E-state index in [1.807, 2.05) is 23.1 Å². The molecule has 0 aromatic heterocycles. The zero-order valence-corrected chi connectivity index (χ0v) is 21.8. The number of sulfonamides is 1. The summed E-state index contributed by atoms with van der Waals surface area (Å²) in [6.45, 7) is 4.57. The zero-order chi connectivity index (χ0) is 25.5. The number of rotatable bonds is 8. The number of piperazine rings is 1. The van der Waals surface area contributed by atoms with Crippen LogP contribution < -0.4 is 9.47 Å². The smallest absolute Gasteiger partial charge is 0.246 e. The fourth-order valence-corrected chi connectivity index (χ4v) is 6.42. The second kappa shape index (κ2) is 11.9. The van der Waals surface area contributed by atoms with E-state index in [-0.39, 0.29) is 22.5 Å². The van der Waals surface area contributed by atoms with Gasteiger partial charge in [-0.25, -0.2) is 8.42 Å². The molecule has 9 heteroatoms. The minimum absolute atomic E-state index is 0.0894. The second-order valence-electron chi connectivity index (χ2n) is 9.13. The van der Waals surface area contributed by atoms with Crippen molar-refractivity contribution in [3.8, 4) is 11.5 Å². The SMILES string of the molecule is COc1ccc(OC)c(S(=O)(=O)N2CCC(C(=O)N3CCN(C/C=C/c4ccccc4)CC3)CC2)c1. The van der Waals surface area contributed by atoms with Crippen LogP contribution in [0, 0.1) is 5.92 Å². The highest BCUT2D eigenvalue weighted by Gasteiger charge is 2.36. The first-order chi connectivity index (χ1) is 17.4. The van der Waals surface area contributed by atoms with Crippen LogP contribution >= 0.6 is 0 Å². The lowest BCUT2D eigenvalue weighted by molar-refractivity contribution is -0.138. The van der Waals surface area contributed by atoms with Crippen LogP contribution in [-0.2, 0) is 14.8 Å². The van der Waals surface area contributed by atoms with E-state index in [0.29, 0.717) is 44.8 Å². The predicted octanol–water partition coefficient (Wildman–Crippen LogP) is 2.96. The number of hydrogen-bond donors (Lipinski definition) is 0. The van der Waals surface area contributed by atoms with E-state index in [4.69, 9.17) is 9.47 Å². The Bertz CT molecular complexity index is 1150. The number of piperidine rings is 1. The normalized spacial score (nSPS) is 18.4. The van der Waals surface area contributed by atoms with Crippen LogP contribution in [0.5, 0.6) is 11.5 Å². The third-order valence-corrected chi connectivity index (χ3v) is 8.87. The average Bonchev–Trinajstić information content (AvgIpc) is 2.93. The lowest BCUT2D eigenvalue weighted by atomic mass is 9.96. The molecular formula is C27H35N3O5S. The van der Waals surface area contributed by atoms with Gasteiger partial charge in [-0.1, -0.05) is 42.5 Å². The highest BCUT2D eigenvalue weighted by molar-refractivity contribution is 7.89. The standard InChI is InChI=1S/C27H35N3O5S/c1-34-24-10-11-25(35-2)26(21-24)36(32,33)30-15-12-23(13-16-30)27(31)29-19-17-28(18-20-29)14-6-9-22-7-4-3-5-8-22/h3-11,21,23H,12-20H2,1-2H3/b9-6+. The van der Waals surface area contributed by atoms with Crippen molar-refractivity contribution in [3.05, 3.63) is 60.2 Å². The van der Waals surface area contributed by atoms with Crippen molar-refractivity contribution in [2.24, 2.45) is 5.92 Å². The Hall–Kier alpha value is -2.88.